The summed E-state index contributed by atoms with van der Waals surface area (Å²) in [5.74, 6) is 0.106. The summed E-state index contributed by atoms with van der Waals surface area (Å²) < 4.78 is 1.76. The van der Waals surface area contributed by atoms with Gasteiger partial charge < -0.3 is 4.90 Å². The third-order valence-corrected chi connectivity index (χ3v) is 2.68. The molecule has 0 aliphatic carbocycles. The Bertz CT molecular complexity index is 481. The first-order valence-corrected chi connectivity index (χ1v) is 5.86. The Morgan fingerprint density at radius 2 is 2.28 bits per heavy atom. The second-order valence-electron chi connectivity index (χ2n) is 4.13. The Hall–Kier alpha value is -2.17. The van der Waals surface area contributed by atoms with Crippen molar-refractivity contribution in [3.8, 4) is 0 Å². The number of carbonyl (C=O) groups is 1. The Morgan fingerprint density at radius 1 is 1.39 bits per heavy atom. The zero-order valence-corrected chi connectivity index (χ0v) is 10.4. The molecule has 0 bridgehead atoms. The lowest BCUT2D eigenvalue weighted by atomic mass is 10.2. The number of aromatic nitrogens is 3. The van der Waals surface area contributed by atoms with Gasteiger partial charge >= 0.3 is 0 Å². The first kappa shape index (κ1) is 12.3. The zero-order valence-electron chi connectivity index (χ0n) is 10.4. The van der Waals surface area contributed by atoms with Crippen molar-refractivity contribution >= 4 is 5.91 Å². The van der Waals surface area contributed by atoms with Crippen LogP contribution in [0.25, 0.3) is 0 Å². The highest BCUT2D eigenvalue weighted by Gasteiger charge is 2.09. The van der Waals surface area contributed by atoms with Crippen molar-refractivity contribution in [3.63, 3.8) is 0 Å². The molecule has 1 amide bonds. The van der Waals surface area contributed by atoms with E-state index in [1.165, 1.54) is 0 Å². The summed E-state index contributed by atoms with van der Waals surface area (Å²) in [7, 11) is 1.80. The molecular formula is C13H16N4O. The monoisotopic (exact) mass is 244 g/mol. The van der Waals surface area contributed by atoms with E-state index in [1.807, 2.05) is 24.4 Å². The molecule has 0 saturated heterocycles. The molecule has 0 fully saturated rings. The first-order chi connectivity index (χ1) is 8.75. The molecule has 0 N–H and O–H groups in total. The predicted molar refractivity (Wildman–Crippen MR) is 67.6 cm³/mol. The lowest BCUT2D eigenvalue weighted by Crippen LogP contribution is -2.27. The van der Waals surface area contributed by atoms with Gasteiger partial charge in [-0.05, 0) is 17.7 Å². The van der Waals surface area contributed by atoms with Crippen molar-refractivity contribution in [2.24, 2.45) is 0 Å². The van der Waals surface area contributed by atoms with Gasteiger partial charge in [0.25, 0.3) is 0 Å². The van der Waals surface area contributed by atoms with Gasteiger partial charge in [0.15, 0.2) is 0 Å². The number of nitrogens with zero attached hydrogens (tertiary/aromatic N) is 4. The number of carbonyl (C=O) groups excluding carboxylic acids is 1. The fourth-order valence-corrected chi connectivity index (χ4v) is 1.69. The highest BCUT2D eigenvalue weighted by atomic mass is 16.2. The highest BCUT2D eigenvalue weighted by Crippen LogP contribution is 2.03. The maximum atomic E-state index is 11.9. The molecule has 5 heteroatoms. The van der Waals surface area contributed by atoms with Crippen molar-refractivity contribution in [1.29, 1.82) is 0 Å². The second kappa shape index (κ2) is 5.95. The maximum Gasteiger partial charge on any atom is 0.224 e. The van der Waals surface area contributed by atoms with Crippen molar-refractivity contribution in [2.45, 2.75) is 19.5 Å². The Balaban J connectivity index is 1.82. The Morgan fingerprint density at radius 3 is 2.94 bits per heavy atom. The molecule has 18 heavy (non-hydrogen) atoms. The van der Waals surface area contributed by atoms with Gasteiger partial charge in [-0.15, -0.1) is 0 Å². The van der Waals surface area contributed by atoms with Crippen LogP contribution < -0.4 is 0 Å². The third kappa shape index (κ3) is 3.41. The minimum Gasteiger partial charge on any atom is -0.341 e. The Kier molecular flexibility index (Phi) is 4.06. The van der Waals surface area contributed by atoms with E-state index in [2.05, 4.69) is 10.1 Å². The largest absolute Gasteiger partial charge is 0.341 e. The first-order valence-electron chi connectivity index (χ1n) is 5.86. The van der Waals surface area contributed by atoms with Crippen LogP contribution in [0.5, 0.6) is 0 Å². The molecule has 0 spiro atoms. The molecule has 0 aliphatic rings. The van der Waals surface area contributed by atoms with Gasteiger partial charge in [0, 0.05) is 51.3 Å². The van der Waals surface area contributed by atoms with Crippen LogP contribution in [-0.4, -0.2) is 32.6 Å². The average Bonchev–Trinajstić information content (AvgIpc) is 2.90. The third-order valence-electron chi connectivity index (χ3n) is 2.68. The van der Waals surface area contributed by atoms with Crippen LogP contribution in [0.3, 0.4) is 0 Å². The lowest BCUT2D eigenvalue weighted by Gasteiger charge is -2.17. The van der Waals surface area contributed by atoms with Crippen LogP contribution in [0.1, 0.15) is 12.0 Å². The van der Waals surface area contributed by atoms with Gasteiger partial charge in [-0.2, -0.15) is 5.10 Å². The molecule has 2 aromatic heterocycles. The minimum absolute atomic E-state index is 0.106. The van der Waals surface area contributed by atoms with Crippen LogP contribution in [-0.2, 0) is 17.9 Å². The van der Waals surface area contributed by atoms with E-state index in [1.54, 1.807) is 35.2 Å². The van der Waals surface area contributed by atoms with Crippen LogP contribution in [0, 0.1) is 0 Å². The van der Waals surface area contributed by atoms with Gasteiger partial charge in [0.1, 0.15) is 0 Å². The predicted octanol–water partition coefficient (Wildman–Crippen LogP) is 1.33. The standard InChI is InChI=1S/C13H16N4O/c1-16(11-12-4-2-6-14-10-12)13(18)5-9-17-8-3-7-15-17/h2-4,6-8,10H,5,9,11H2,1H3. The van der Waals surface area contributed by atoms with Crippen LogP contribution >= 0.6 is 0 Å². The van der Waals surface area contributed by atoms with E-state index in [4.69, 9.17) is 0 Å². The van der Waals surface area contributed by atoms with Gasteiger partial charge in [-0.3, -0.25) is 14.5 Å². The summed E-state index contributed by atoms with van der Waals surface area (Å²) in [5.41, 5.74) is 1.03. The molecule has 94 valence electrons. The molecule has 5 nitrogen and oxygen atoms in total. The normalized spacial score (nSPS) is 10.3. The number of hydrogen-bond donors (Lipinski definition) is 0. The van der Waals surface area contributed by atoms with Gasteiger partial charge in [0.2, 0.25) is 5.91 Å². The average molecular weight is 244 g/mol. The van der Waals surface area contributed by atoms with Crippen molar-refractivity contribution in [2.75, 3.05) is 7.05 Å². The zero-order chi connectivity index (χ0) is 12.8. The van der Waals surface area contributed by atoms with E-state index in [0.29, 0.717) is 19.5 Å². The summed E-state index contributed by atoms with van der Waals surface area (Å²) in [6.45, 7) is 1.20. The summed E-state index contributed by atoms with van der Waals surface area (Å²) in [4.78, 5) is 17.6. The SMILES string of the molecule is CN(Cc1cccnc1)C(=O)CCn1cccn1. The summed E-state index contributed by atoms with van der Waals surface area (Å²) >= 11 is 0. The fraction of sp³-hybridized carbons (Fsp3) is 0.308. The fourth-order valence-electron chi connectivity index (χ4n) is 1.69. The molecule has 0 aromatic carbocycles. The molecule has 0 radical (unpaired) electrons. The molecule has 0 unspecified atom stereocenters. The van der Waals surface area contributed by atoms with Gasteiger partial charge in [0.05, 0.1) is 0 Å². The minimum atomic E-state index is 0.106. The van der Waals surface area contributed by atoms with E-state index in [0.717, 1.165) is 5.56 Å². The van der Waals surface area contributed by atoms with Crippen LogP contribution in [0.2, 0.25) is 0 Å². The lowest BCUT2D eigenvalue weighted by molar-refractivity contribution is -0.130. The van der Waals surface area contributed by atoms with Crippen LogP contribution in [0.4, 0.5) is 0 Å². The number of hydrogen-bond acceptors (Lipinski definition) is 3. The molecule has 2 heterocycles. The maximum absolute atomic E-state index is 11.9. The van der Waals surface area contributed by atoms with E-state index in [-0.39, 0.29) is 5.91 Å². The number of pyridine rings is 1. The molecule has 2 aromatic rings. The van der Waals surface area contributed by atoms with Crippen molar-refractivity contribution < 1.29 is 4.79 Å². The summed E-state index contributed by atoms with van der Waals surface area (Å²) in [5, 5.41) is 4.07. The molecular weight excluding hydrogens is 228 g/mol. The quantitative estimate of drug-likeness (QED) is 0.797. The number of aryl methyl sites for hydroxylation is 1. The van der Waals surface area contributed by atoms with Gasteiger partial charge in [-0.25, -0.2) is 0 Å². The number of amides is 1. The smallest absolute Gasteiger partial charge is 0.224 e. The van der Waals surface area contributed by atoms with E-state index in [9.17, 15) is 4.79 Å². The van der Waals surface area contributed by atoms with Gasteiger partial charge in [-0.1, -0.05) is 6.07 Å². The summed E-state index contributed by atoms with van der Waals surface area (Å²) in [6, 6.07) is 5.69. The highest BCUT2D eigenvalue weighted by molar-refractivity contribution is 5.75. The molecule has 2 rings (SSSR count). The van der Waals surface area contributed by atoms with E-state index >= 15 is 0 Å². The molecule has 0 aliphatic heterocycles. The molecule has 0 saturated carbocycles. The van der Waals surface area contributed by atoms with Crippen LogP contribution in [0.15, 0.2) is 43.0 Å². The Labute approximate surface area is 106 Å². The number of rotatable bonds is 5. The topological polar surface area (TPSA) is 51.0 Å². The van der Waals surface area contributed by atoms with E-state index < -0.39 is 0 Å². The summed E-state index contributed by atoms with van der Waals surface area (Å²) in [6.07, 6.45) is 7.52. The van der Waals surface area contributed by atoms with Crippen molar-refractivity contribution in [1.82, 2.24) is 19.7 Å². The van der Waals surface area contributed by atoms with Crippen molar-refractivity contribution in [3.05, 3.63) is 48.5 Å². The molecule has 0 atom stereocenters. The second-order valence-corrected chi connectivity index (χ2v) is 4.13.